The predicted octanol–water partition coefficient (Wildman–Crippen LogP) is 11.2. The fraction of sp³-hybridized carbons (Fsp3) is 0.812. The van der Waals surface area contributed by atoms with Crippen LogP contribution in [0.25, 0.3) is 0 Å². The fourth-order valence-corrected chi connectivity index (χ4v) is 6.33. The second-order valence-electron chi connectivity index (χ2n) is 11.4. The predicted molar refractivity (Wildman–Crippen MR) is 143 cm³/mol. The summed E-state index contributed by atoms with van der Waals surface area (Å²) in [5.74, 6) is 0.943. The van der Waals surface area contributed by atoms with Crippen LogP contribution in [-0.4, -0.2) is 0 Å². The molecule has 0 aromatic heterocycles. The van der Waals surface area contributed by atoms with Gasteiger partial charge in [0.2, 0.25) is 0 Å². The SMILES string of the molecule is CCCCCCCCCCCCCCCCCC1C/C1=C1/C2=C(CCCCC2)C1=C(C)C. The van der Waals surface area contributed by atoms with Gasteiger partial charge in [-0.15, -0.1) is 0 Å². The fourth-order valence-electron chi connectivity index (χ4n) is 6.33. The lowest BCUT2D eigenvalue weighted by Gasteiger charge is -2.32. The Labute approximate surface area is 201 Å². The van der Waals surface area contributed by atoms with Crippen molar-refractivity contribution in [2.45, 2.75) is 162 Å². The number of unbranched alkanes of at least 4 members (excludes halogenated alkanes) is 14. The molecule has 3 aliphatic carbocycles. The maximum absolute atomic E-state index is 2.34. The molecule has 32 heavy (non-hydrogen) atoms. The van der Waals surface area contributed by atoms with E-state index in [4.69, 9.17) is 0 Å². The maximum atomic E-state index is 2.34. The van der Waals surface area contributed by atoms with Gasteiger partial charge in [-0.1, -0.05) is 121 Å². The summed E-state index contributed by atoms with van der Waals surface area (Å²) in [6, 6.07) is 0. The van der Waals surface area contributed by atoms with Gasteiger partial charge in [0, 0.05) is 0 Å². The molecule has 0 aromatic carbocycles. The highest BCUT2D eigenvalue weighted by atomic mass is 14.4. The Balaban J connectivity index is 1.19. The molecule has 0 aromatic rings. The smallest absolute Gasteiger partial charge is 0.0152 e. The maximum Gasteiger partial charge on any atom is -0.0152 e. The third-order valence-corrected chi connectivity index (χ3v) is 8.35. The summed E-state index contributed by atoms with van der Waals surface area (Å²) in [5, 5.41) is 0. The molecule has 0 radical (unpaired) electrons. The number of hydrogen-bond acceptors (Lipinski definition) is 0. The minimum absolute atomic E-state index is 0.943. The Hall–Kier alpha value is -0.780. The molecule has 1 unspecified atom stereocenters. The highest BCUT2D eigenvalue weighted by molar-refractivity contribution is 5.74. The second kappa shape index (κ2) is 14.5. The Morgan fingerprint density at radius 2 is 1.12 bits per heavy atom. The van der Waals surface area contributed by atoms with Gasteiger partial charge in [0.1, 0.15) is 0 Å². The van der Waals surface area contributed by atoms with Crippen LogP contribution in [0.1, 0.15) is 162 Å². The minimum Gasteiger partial charge on any atom is -0.0683 e. The average Bonchev–Trinajstić information content (AvgIpc) is 3.55. The highest BCUT2D eigenvalue weighted by Crippen LogP contribution is 2.56. The summed E-state index contributed by atoms with van der Waals surface area (Å²) in [6.07, 6.45) is 31.9. The van der Waals surface area contributed by atoms with E-state index in [0.29, 0.717) is 0 Å². The Bertz CT molecular complexity index is 652. The van der Waals surface area contributed by atoms with E-state index in [9.17, 15) is 0 Å². The van der Waals surface area contributed by atoms with E-state index >= 15 is 0 Å². The number of allylic oxidation sites excluding steroid dienone is 6. The molecule has 0 heterocycles. The molecule has 0 aliphatic heterocycles. The van der Waals surface area contributed by atoms with Gasteiger partial charge in [-0.25, -0.2) is 0 Å². The summed E-state index contributed by atoms with van der Waals surface area (Å²) < 4.78 is 0. The standard InChI is InChI=1S/C32H54/c1-4-5-6-7-8-9-10-11-12-13-14-15-16-17-19-22-27-25-30(27)32-29-24-21-18-20-23-28(29)31(32)26(2)3/h27H,4-25H2,1-3H3/b32-30+. The third-order valence-electron chi connectivity index (χ3n) is 8.35. The topological polar surface area (TPSA) is 0 Å². The normalized spacial score (nSPS) is 22.6. The van der Waals surface area contributed by atoms with Crippen LogP contribution in [-0.2, 0) is 0 Å². The van der Waals surface area contributed by atoms with Crippen molar-refractivity contribution in [3.63, 3.8) is 0 Å². The highest BCUT2D eigenvalue weighted by Gasteiger charge is 2.40. The molecular formula is C32H54. The molecule has 3 aliphatic rings. The summed E-state index contributed by atoms with van der Waals surface area (Å²) in [4.78, 5) is 0. The molecule has 0 heteroatoms. The molecule has 0 amide bonds. The van der Waals surface area contributed by atoms with Gasteiger partial charge in [0.05, 0.1) is 0 Å². The third kappa shape index (κ3) is 7.92. The lowest BCUT2D eigenvalue weighted by atomic mass is 9.72. The van der Waals surface area contributed by atoms with Crippen molar-refractivity contribution in [1.82, 2.24) is 0 Å². The van der Waals surface area contributed by atoms with Crippen LogP contribution < -0.4 is 0 Å². The van der Waals surface area contributed by atoms with Crippen molar-refractivity contribution in [1.29, 1.82) is 0 Å². The Kier molecular flexibility index (Phi) is 11.7. The average molecular weight is 439 g/mol. The summed E-state index contributed by atoms with van der Waals surface area (Å²) in [5.41, 5.74) is 10.5. The van der Waals surface area contributed by atoms with Gasteiger partial charge >= 0.3 is 0 Å². The van der Waals surface area contributed by atoms with Crippen LogP contribution in [0, 0.1) is 5.92 Å². The van der Waals surface area contributed by atoms with E-state index in [1.54, 1.807) is 27.9 Å². The van der Waals surface area contributed by atoms with E-state index in [-0.39, 0.29) is 0 Å². The molecule has 0 bridgehead atoms. The zero-order chi connectivity index (χ0) is 22.6. The first kappa shape index (κ1) is 25.8. The molecule has 1 atom stereocenters. The van der Waals surface area contributed by atoms with E-state index in [0.717, 1.165) is 5.92 Å². The Morgan fingerprint density at radius 1 is 0.625 bits per heavy atom. The monoisotopic (exact) mass is 438 g/mol. The largest absolute Gasteiger partial charge is 0.0683 e. The van der Waals surface area contributed by atoms with Gasteiger partial charge in [-0.3, -0.25) is 0 Å². The number of rotatable bonds is 16. The summed E-state index contributed by atoms with van der Waals surface area (Å²) in [6.45, 7) is 6.99. The van der Waals surface area contributed by atoms with Crippen LogP contribution >= 0.6 is 0 Å². The number of hydrogen-bond donors (Lipinski definition) is 0. The molecule has 0 spiro atoms. The lowest BCUT2D eigenvalue weighted by Crippen LogP contribution is -2.14. The van der Waals surface area contributed by atoms with Gasteiger partial charge in [0.15, 0.2) is 0 Å². The molecule has 0 nitrogen and oxygen atoms in total. The first-order valence-electron chi connectivity index (χ1n) is 14.9. The van der Waals surface area contributed by atoms with Crippen LogP contribution in [0.5, 0.6) is 0 Å². The second-order valence-corrected chi connectivity index (χ2v) is 11.4. The molecule has 182 valence electrons. The minimum atomic E-state index is 0.943. The molecular weight excluding hydrogens is 384 g/mol. The molecule has 0 saturated heterocycles. The van der Waals surface area contributed by atoms with Gasteiger partial charge in [-0.2, -0.15) is 0 Å². The quantitative estimate of drug-likeness (QED) is 0.210. The lowest BCUT2D eigenvalue weighted by molar-refractivity contribution is 0.526. The van der Waals surface area contributed by atoms with Crippen LogP contribution in [0.3, 0.4) is 0 Å². The Morgan fingerprint density at radius 3 is 1.66 bits per heavy atom. The van der Waals surface area contributed by atoms with Crippen LogP contribution in [0.15, 0.2) is 33.4 Å². The summed E-state index contributed by atoms with van der Waals surface area (Å²) >= 11 is 0. The van der Waals surface area contributed by atoms with Crippen molar-refractivity contribution in [3.05, 3.63) is 33.4 Å². The molecule has 1 saturated carbocycles. The van der Waals surface area contributed by atoms with Crippen molar-refractivity contribution >= 4 is 0 Å². The van der Waals surface area contributed by atoms with E-state index in [2.05, 4.69) is 20.8 Å². The first-order valence-corrected chi connectivity index (χ1v) is 14.9. The van der Waals surface area contributed by atoms with Crippen LogP contribution in [0.2, 0.25) is 0 Å². The zero-order valence-corrected chi connectivity index (χ0v) is 22.1. The van der Waals surface area contributed by atoms with Crippen molar-refractivity contribution < 1.29 is 0 Å². The van der Waals surface area contributed by atoms with E-state index in [1.807, 2.05) is 5.57 Å². The van der Waals surface area contributed by atoms with Crippen molar-refractivity contribution in [3.8, 4) is 0 Å². The van der Waals surface area contributed by atoms with Crippen LogP contribution in [0.4, 0.5) is 0 Å². The molecule has 0 N–H and O–H groups in total. The van der Waals surface area contributed by atoms with E-state index < -0.39 is 0 Å². The molecule has 3 rings (SSSR count). The van der Waals surface area contributed by atoms with Gasteiger partial charge < -0.3 is 0 Å². The summed E-state index contributed by atoms with van der Waals surface area (Å²) in [7, 11) is 0. The van der Waals surface area contributed by atoms with Crippen molar-refractivity contribution in [2.75, 3.05) is 0 Å². The zero-order valence-electron chi connectivity index (χ0n) is 22.1. The van der Waals surface area contributed by atoms with Gasteiger partial charge in [-0.05, 0) is 80.6 Å². The van der Waals surface area contributed by atoms with Crippen molar-refractivity contribution in [2.24, 2.45) is 5.92 Å². The molecule has 1 fully saturated rings. The first-order chi connectivity index (χ1) is 15.7. The van der Waals surface area contributed by atoms with Gasteiger partial charge in [0.25, 0.3) is 0 Å². The van der Waals surface area contributed by atoms with E-state index in [1.165, 1.54) is 141 Å².